The molecule has 3 aromatic rings. The topological polar surface area (TPSA) is 86.8 Å². The third kappa shape index (κ3) is 7.55. The second-order valence-electron chi connectivity index (χ2n) is 10.7. The van der Waals surface area contributed by atoms with E-state index in [4.69, 9.17) is 0 Å². The van der Waals surface area contributed by atoms with Crippen LogP contribution in [-0.2, 0) is 26.2 Å². The van der Waals surface area contributed by atoms with Gasteiger partial charge in [0.1, 0.15) is 12.6 Å². The van der Waals surface area contributed by atoms with Gasteiger partial charge in [0.15, 0.2) is 0 Å². The van der Waals surface area contributed by atoms with Gasteiger partial charge in [0.25, 0.3) is 10.0 Å². The van der Waals surface area contributed by atoms with Gasteiger partial charge in [0, 0.05) is 12.6 Å². The number of anilines is 1. The zero-order valence-corrected chi connectivity index (χ0v) is 26.1. The number of benzene rings is 3. The van der Waals surface area contributed by atoms with E-state index >= 15 is 0 Å². The fourth-order valence-electron chi connectivity index (χ4n) is 4.69. The molecule has 0 radical (unpaired) electrons. The van der Waals surface area contributed by atoms with Gasteiger partial charge in [-0.2, -0.15) is 0 Å². The maximum Gasteiger partial charge on any atom is 0.264 e. The van der Waals surface area contributed by atoms with Crippen LogP contribution >= 0.6 is 0 Å². The van der Waals surface area contributed by atoms with Gasteiger partial charge in [0.05, 0.1) is 10.6 Å². The van der Waals surface area contributed by atoms with Crippen molar-refractivity contribution in [1.29, 1.82) is 0 Å². The molecule has 2 atom stereocenters. The van der Waals surface area contributed by atoms with Crippen molar-refractivity contribution in [3.63, 3.8) is 0 Å². The highest BCUT2D eigenvalue weighted by atomic mass is 32.2. The maximum atomic E-state index is 14.3. The van der Waals surface area contributed by atoms with Crippen LogP contribution in [0.1, 0.15) is 61.4 Å². The molecule has 0 unspecified atom stereocenters. The fourth-order valence-corrected chi connectivity index (χ4v) is 6.16. The smallest absolute Gasteiger partial charge is 0.264 e. The molecule has 0 fully saturated rings. The molecule has 0 heterocycles. The molecule has 7 nitrogen and oxygen atoms in total. The Morgan fingerprint density at radius 3 is 2.07 bits per heavy atom. The Bertz CT molecular complexity index is 1470. The molecule has 0 bridgehead atoms. The van der Waals surface area contributed by atoms with Gasteiger partial charge in [-0.3, -0.25) is 13.9 Å². The number of aryl methyl sites for hydroxylation is 3. The third-order valence-electron chi connectivity index (χ3n) is 7.72. The van der Waals surface area contributed by atoms with Crippen LogP contribution in [-0.4, -0.2) is 43.8 Å². The van der Waals surface area contributed by atoms with Gasteiger partial charge in [-0.05, 0) is 87.9 Å². The van der Waals surface area contributed by atoms with Crippen LogP contribution in [0.4, 0.5) is 5.69 Å². The molecule has 0 spiro atoms. The lowest BCUT2D eigenvalue weighted by Gasteiger charge is -2.34. The second-order valence-corrected chi connectivity index (χ2v) is 12.6. The van der Waals surface area contributed by atoms with Crippen LogP contribution in [0.3, 0.4) is 0 Å². The Labute approximate surface area is 245 Å². The van der Waals surface area contributed by atoms with Crippen molar-refractivity contribution in [2.75, 3.05) is 10.8 Å². The fraction of sp³-hybridized carbons (Fsp3) is 0.394. The van der Waals surface area contributed by atoms with E-state index in [9.17, 15) is 18.0 Å². The summed E-state index contributed by atoms with van der Waals surface area (Å²) in [4.78, 5) is 29.3. The summed E-state index contributed by atoms with van der Waals surface area (Å²) in [5.41, 5.74) is 4.93. The maximum absolute atomic E-state index is 14.3. The molecule has 8 heteroatoms. The average Bonchev–Trinajstić information content (AvgIpc) is 2.94. The van der Waals surface area contributed by atoms with Crippen molar-refractivity contribution in [2.24, 2.45) is 0 Å². The zero-order valence-electron chi connectivity index (χ0n) is 25.3. The highest BCUT2D eigenvalue weighted by Crippen LogP contribution is 2.29. The van der Waals surface area contributed by atoms with Crippen LogP contribution in [0, 0.1) is 27.7 Å². The number of nitrogens with zero attached hydrogens (tertiary/aromatic N) is 2. The number of hydrogen-bond donors (Lipinski definition) is 1. The average molecular weight is 578 g/mol. The largest absolute Gasteiger partial charge is 0.352 e. The Kier molecular flexibility index (Phi) is 10.7. The normalized spacial score (nSPS) is 12.9. The van der Waals surface area contributed by atoms with Crippen molar-refractivity contribution in [3.8, 4) is 0 Å². The SMILES string of the molecule is CC[C@H](C)NC(=O)[C@H](CC)N(Cc1ccccc1C)C(=O)CN(c1cccc(C)c1C)S(=O)(=O)c1ccc(C)cc1. The molecule has 0 aliphatic rings. The number of nitrogens with one attached hydrogen (secondary N) is 1. The van der Waals surface area contributed by atoms with E-state index in [0.29, 0.717) is 12.1 Å². The predicted octanol–water partition coefficient (Wildman–Crippen LogP) is 5.84. The van der Waals surface area contributed by atoms with Crippen LogP contribution in [0.15, 0.2) is 71.6 Å². The number of carbonyl (C=O) groups excluding carboxylic acids is 2. The molecule has 0 aliphatic carbocycles. The number of rotatable bonds is 12. The lowest BCUT2D eigenvalue weighted by atomic mass is 10.1. The molecule has 220 valence electrons. The lowest BCUT2D eigenvalue weighted by Crippen LogP contribution is -2.53. The highest BCUT2D eigenvalue weighted by Gasteiger charge is 2.34. The molecule has 41 heavy (non-hydrogen) atoms. The first-order valence-corrected chi connectivity index (χ1v) is 15.6. The van der Waals surface area contributed by atoms with E-state index in [1.54, 1.807) is 36.4 Å². The first kappa shape index (κ1) is 31.9. The molecular weight excluding hydrogens is 534 g/mol. The van der Waals surface area contributed by atoms with Crippen molar-refractivity contribution >= 4 is 27.5 Å². The van der Waals surface area contributed by atoms with Crippen LogP contribution < -0.4 is 9.62 Å². The number of amides is 2. The van der Waals surface area contributed by atoms with Gasteiger partial charge in [-0.15, -0.1) is 0 Å². The predicted molar refractivity (Wildman–Crippen MR) is 165 cm³/mol. The Morgan fingerprint density at radius 2 is 1.46 bits per heavy atom. The summed E-state index contributed by atoms with van der Waals surface area (Å²) >= 11 is 0. The zero-order chi connectivity index (χ0) is 30.3. The summed E-state index contributed by atoms with van der Waals surface area (Å²) in [5.74, 6) is -0.695. The minimum absolute atomic E-state index is 0.0553. The molecule has 2 amide bonds. The molecule has 0 saturated carbocycles. The summed E-state index contributed by atoms with van der Waals surface area (Å²) in [5, 5.41) is 3.01. The Hall–Kier alpha value is -3.65. The quantitative estimate of drug-likeness (QED) is 0.293. The van der Waals surface area contributed by atoms with Crippen molar-refractivity contribution < 1.29 is 18.0 Å². The van der Waals surface area contributed by atoms with E-state index in [0.717, 1.165) is 34.2 Å². The monoisotopic (exact) mass is 577 g/mol. The third-order valence-corrected chi connectivity index (χ3v) is 9.50. The molecule has 3 rings (SSSR count). The standard InChI is InChI=1S/C33H43N3O4S/c1-8-26(6)34-33(38)30(9-2)35(21-28-15-11-10-13-25(28)5)32(37)22-36(31-16-12-14-24(4)27(31)7)41(39,40)29-19-17-23(3)18-20-29/h10-20,26,30H,8-9,21-22H2,1-7H3,(H,34,38)/t26-,30-/m0/s1. The summed E-state index contributed by atoms with van der Waals surface area (Å²) in [6.07, 6.45) is 1.14. The minimum atomic E-state index is -4.11. The molecule has 1 N–H and O–H groups in total. The van der Waals surface area contributed by atoms with Crippen molar-refractivity contribution in [3.05, 3.63) is 94.5 Å². The molecular formula is C33H43N3O4S. The van der Waals surface area contributed by atoms with Crippen LogP contribution in [0.5, 0.6) is 0 Å². The highest BCUT2D eigenvalue weighted by molar-refractivity contribution is 7.92. The summed E-state index contributed by atoms with van der Waals surface area (Å²) in [6, 6.07) is 18.9. The van der Waals surface area contributed by atoms with E-state index in [1.165, 1.54) is 9.21 Å². The number of sulfonamides is 1. The van der Waals surface area contributed by atoms with E-state index in [1.807, 2.05) is 78.8 Å². The van der Waals surface area contributed by atoms with E-state index in [2.05, 4.69) is 5.32 Å². The van der Waals surface area contributed by atoms with Crippen LogP contribution in [0.2, 0.25) is 0 Å². The van der Waals surface area contributed by atoms with Gasteiger partial charge in [-0.1, -0.05) is 67.9 Å². The second kappa shape index (κ2) is 13.8. The van der Waals surface area contributed by atoms with Crippen LogP contribution in [0.25, 0.3) is 0 Å². The first-order valence-electron chi connectivity index (χ1n) is 14.2. The number of carbonyl (C=O) groups is 2. The van der Waals surface area contributed by atoms with E-state index < -0.39 is 28.5 Å². The Balaban J connectivity index is 2.11. The van der Waals surface area contributed by atoms with Gasteiger partial charge < -0.3 is 10.2 Å². The molecule has 0 aliphatic heterocycles. The summed E-state index contributed by atoms with van der Waals surface area (Å²) < 4.78 is 29.4. The molecule has 0 aromatic heterocycles. The summed E-state index contributed by atoms with van der Waals surface area (Å²) in [6.45, 7) is 13.1. The first-order chi connectivity index (χ1) is 19.4. The molecule has 3 aromatic carbocycles. The van der Waals surface area contributed by atoms with Crippen molar-refractivity contribution in [1.82, 2.24) is 10.2 Å². The van der Waals surface area contributed by atoms with Gasteiger partial charge in [-0.25, -0.2) is 8.42 Å². The minimum Gasteiger partial charge on any atom is -0.352 e. The lowest BCUT2D eigenvalue weighted by molar-refractivity contribution is -0.140. The van der Waals surface area contributed by atoms with Gasteiger partial charge in [0.2, 0.25) is 11.8 Å². The van der Waals surface area contributed by atoms with Gasteiger partial charge >= 0.3 is 0 Å². The Morgan fingerprint density at radius 1 is 0.829 bits per heavy atom. The number of hydrogen-bond acceptors (Lipinski definition) is 4. The van der Waals surface area contributed by atoms with E-state index in [-0.39, 0.29) is 23.4 Å². The summed E-state index contributed by atoms with van der Waals surface area (Å²) in [7, 11) is -4.11. The van der Waals surface area contributed by atoms with Crippen molar-refractivity contribution in [2.45, 2.75) is 84.8 Å². The molecule has 0 saturated heterocycles.